The van der Waals surface area contributed by atoms with Crippen LogP contribution in [0.3, 0.4) is 0 Å². The van der Waals surface area contributed by atoms with Gasteiger partial charge in [-0.15, -0.1) is 0 Å². The summed E-state index contributed by atoms with van der Waals surface area (Å²) in [6, 6.07) is 0. The smallest absolute Gasteiger partial charge is 0.462 e. The molecule has 0 aliphatic carbocycles. The van der Waals surface area contributed by atoms with E-state index in [4.69, 9.17) is 37.0 Å². The van der Waals surface area contributed by atoms with E-state index in [2.05, 4.69) is 41.5 Å². The molecule has 17 nitrogen and oxygen atoms in total. The molecular weight excluding hydrogens is 1140 g/mol. The van der Waals surface area contributed by atoms with Crippen molar-refractivity contribution in [3.63, 3.8) is 0 Å². The van der Waals surface area contributed by atoms with Gasteiger partial charge < -0.3 is 33.8 Å². The molecule has 0 radical (unpaired) electrons. The largest absolute Gasteiger partial charge is 0.472 e. The Hall–Kier alpha value is -1.94. The van der Waals surface area contributed by atoms with Gasteiger partial charge in [0.15, 0.2) is 12.2 Å². The molecule has 510 valence electrons. The van der Waals surface area contributed by atoms with Crippen molar-refractivity contribution in [2.75, 3.05) is 39.6 Å². The highest BCUT2D eigenvalue weighted by Crippen LogP contribution is 2.45. The van der Waals surface area contributed by atoms with Crippen LogP contribution in [0.4, 0.5) is 0 Å². The van der Waals surface area contributed by atoms with Gasteiger partial charge in [0.25, 0.3) is 0 Å². The van der Waals surface area contributed by atoms with Crippen LogP contribution in [0.1, 0.15) is 337 Å². The summed E-state index contributed by atoms with van der Waals surface area (Å²) in [5.74, 6) is -0.543. The second-order valence-electron chi connectivity index (χ2n) is 25.2. The van der Waals surface area contributed by atoms with Crippen molar-refractivity contribution in [1.82, 2.24) is 0 Å². The van der Waals surface area contributed by atoms with Crippen LogP contribution in [0, 0.1) is 11.8 Å². The zero-order chi connectivity index (χ0) is 63.6. The summed E-state index contributed by atoms with van der Waals surface area (Å²) in [6.45, 7) is 9.39. The van der Waals surface area contributed by atoms with E-state index in [1.165, 1.54) is 148 Å². The summed E-state index contributed by atoms with van der Waals surface area (Å²) in [5, 5.41) is 10.5. The van der Waals surface area contributed by atoms with Gasteiger partial charge in [-0.2, -0.15) is 0 Å². The van der Waals surface area contributed by atoms with E-state index < -0.39 is 97.5 Å². The van der Waals surface area contributed by atoms with Crippen LogP contribution >= 0.6 is 15.6 Å². The molecule has 0 aromatic carbocycles. The number of unbranched alkanes of at least 4 members (excludes halogenated alkanes) is 36. The first-order valence-corrected chi connectivity index (χ1v) is 38.0. The van der Waals surface area contributed by atoms with Crippen molar-refractivity contribution in [2.45, 2.75) is 355 Å². The van der Waals surface area contributed by atoms with E-state index in [0.29, 0.717) is 25.7 Å². The Bertz CT molecular complexity index is 1680. The van der Waals surface area contributed by atoms with Gasteiger partial charge in [0.2, 0.25) is 0 Å². The predicted octanol–water partition coefficient (Wildman–Crippen LogP) is 18.8. The first-order valence-electron chi connectivity index (χ1n) is 35.0. The van der Waals surface area contributed by atoms with Crippen molar-refractivity contribution in [1.29, 1.82) is 0 Å². The number of hydrogen-bond acceptors (Lipinski definition) is 15. The number of phosphoric ester groups is 2. The van der Waals surface area contributed by atoms with E-state index in [-0.39, 0.29) is 25.7 Å². The molecule has 0 spiro atoms. The van der Waals surface area contributed by atoms with Crippen LogP contribution in [0.25, 0.3) is 0 Å². The molecule has 0 aromatic heterocycles. The molecule has 0 amide bonds. The minimum absolute atomic E-state index is 0.0988. The normalized spacial score (nSPS) is 14.2. The highest BCUT2D eigenvalue weighted by molar-refractivity contribution is 7.47. The maximum absolute atomic E-state index is 13.0. The number of hydrogen-bond donors (Lipinski definition) is 3. The van der Waals surface area contributed by atoms with Crippen molar-refractivity contribution in [3.05, 3.63) is 0 Å². The quantitative estimate of drug-likeness (QED) is 0.0222. The molecule has 19 heteroatoms. The maximum Gasteiger partial charge on any atom is 0.472 e. The van der Waals surface area contributed by atoms with Gasteiger partial charge in [0, 0.05) is 25.7 Å². The third-order valence-electron chi connectivity index (χ3n) is 15.5. The van der Waals surface area contributed by atoms with Gasteiger partial charge in [-0.1, -0.05) is 286 Å². The number of carbonyl (C=O) groups is 4. The Morgan fingerprint density at radius 3 is 0.791 bits per heavy atom. The highest BCUT2D eigenvalue weighted by atomic mass is 31.2. The van der Waals surface area contributed by atoms with Gasteiger partial charge >= 0.3 is 39.5 Å². The lowest BCUT2D eigenvalue weighted by Crippen LogP contribution is -2.30. The first kappa shape index (κ1) is 84.1. The standard InChI is InChI=1S/C67H130O17P2/c1-7-9-11-35-43-49-64(69)77-55-62(83-66(71)51-45-36-12-10-8-2)57-81-85(73,74)79-53-61(68)54-80-86(75,76)82-58-63(84-67(72)52-46-40-34-30-26-22-18-14-16-20-24-28-32-38-42-48-60(5)6)56-78-65(70)50-44-39-33-29-25-21-17-13-15-19-23-27-31-37-41-47-59(3)4/h59-63,68H,7-58H2,1-6H3,(H,73,74)(H,75,76)/t61-,62+,63+/m0/s1. The average molecular weight is 1270 g/mol. The Morgan fingerprint density at radius 2 is 0.535 bits per heavy atom. The Balaban J connectivity index is 5.07. The lowest BCUT2D eigenvalue weighted by molar-refractivity contribution is -0.161. The fourth-order valence-corrected chi connectivity index (χ4v) is 11.6. The molecule has 0 fully saturated rings. The van der Waals surface area contributed by atoms with Crippen molar-refractivity contribution in [2.24, 2.45) is 11.8 Å². The van der Waals surface area contributed by atoms with Gasteiger partial charge in [0.05, 0.1) is 26.4 Å². The number of aliphatic hydroxyl groups excluding tert-OH is 1. The topological polar surface area (TPSA) is 237 Å². The Morgan fingerprint density at radius 1 is 0.314 bits per heavy atom. The summed E-state index contributed by atoms with van der Waals surface area (Å²) in [6.07, 6.45) is 44.0. The number of esters is 4. The van der Waals surface area contributed by atoms with E-state index in [1.807, 2.05) is 0 Å². The lowest BCUT2D eigenvalue weighted by Gasteiger charge is -2.21. The number of carbonyl (C=O) groups excluding carboxylic acids is 4. The Kier molecular flexibility index (Phi) is 58.0. The molecule has 0 saturated carbocycles. The van der Waals surface area contributed by atoms with Crippen LogP contribution in [0.2, 0.25) is 0 Å². The van der Waals surface area contributed by atoms with Crippen LogP contribution in [0.15, 0.2) is 0 Å². The molecule has 0 aliphatic heterocycles. The van der Waals surface area contributed by atoms with Crippen molar-refractivity contribution in [3.8, 4) is 0 Å². The zero-order valence-corrected chi connectivity index (χ0v) is 57.4. The Labute approximate surface area is 524 Å². The molecule has 0 rings (SSSR count). The molecule has 0 heterocycles. The van der Waals surface area contributed by atoms with E-state index in [9.17, 15) is 43.2 Å². The molecule has 5 atom stereocenters. The summed E-state index contributed by atoms with van der Waals surface area (Å²) >= 11 is 0. The van der Waals surface area contributed by atoms with Crippen LogP contribution in [-0.4, -0.2) is 96.7 Å². The molecule has 2 unspecified atom stereocenters. The maximum atomic E-state index is 13.0. The lowest BCUT2D eigenvalue weighted by atomic mass is 10.0. The predicted molar refractivity (Wildman–Crippen MR) is 345 cm³/mol. The zero-order valence-electron chi connectivity index (χ0n) is 55.6. The molecule has 86 heavy (non-hydrogen) atoms. The third-order valence-corrected chi connectivity index (χ3v) is 17.4. The minimum atomic E-state index is -4.95. The SMILES string of the molecule is CCCCCCCC(=O)OC[C@H](COP(=O)(O)OC[C@H](O)COP(=O)(O)OC[C@@H](COC(=O)CCCCCCCCCCCCCCCCCC(C)C)OC(=O)CCCCCCCCCCCCCCCCCC(C)C)OC(=O)CCCCCCC. The molecular formula is C67H130O17P2. The minimum Gasteiger partial charge on any atom is -0.462 e. The second kappa shape index (κ2) is 59.4. The molecule has 0 aliphatic rings. The monoisotopic (exact) mass is 1270 g/mol. The van der Waals surface area contributed by atoms with Gasteiger partial charge in [-0.05, 0) is 37.5 Å². The fourth-order valence-electron chi connectivity index (χ4n) is 10.1. The highest BCUT2D eigenvalue weighted by Gasteiger charge is 2.30. The van der Waals surface area contributed by atoms with E-state index in [1.54, 1.807) is 0 Å². The first-order chi connectivity index (χ1) is 41.4. The average Bonchev–Trinajstić information content (AvgIpc) is 3.65. The number of ether oxygens (including phenoxy) is 4. The van der Waals surface area contributed by atoms with Crippen molar-refractivity contribution < 1.29 is 80.2 Å². The summed E-state index contributed by atoms with van der Waals surface area (Å²) in [5.41, 5.74) is 0. The van der Waals surface area contributed by atoms with E-state index >= 15 is 0 Å². The van der Waals surface area contributed by atoms with Crippen molar-refractivity contribution >= 4 is 39.5 Å². The fraction of sp³-hybridized carbons (Fsp3) is 0.940. The van der Waals surface area contributed by atoms with Crippen LogP contribution in [-0.2, 0) is 65.4 Å². The molecule has 0 saturated heterocycles. The van der Waals surface area contributed by atoms with Gasteiger partial charge in [-0.3, -0.25) is 37.3 Å². The summed E-state index contributed by atoms with van der Waals surface area (Å²) in [4.78, 5) is 71.8. The van der Waals surface area contributed by atoms with Gasteiger partial charge in [-0.25, -0.2) is 9.13 Å². The van der Waals surface area contributed by atoms with Crippen LogP contribution in [0.5, 0.6) is 0 Å². The summed E-state index contributed by atoms with van der Waals surface area (Å²) in [7, 11) is -9.87. The molecule has 3 N–H and O–H groups in total. The second-order valence-corrected chi connectivity index (χ2v) is 28.1. The third kappa shape index (κ3) is 60.9. The number of rotatable bonds is 66. The van der Waals surface area contributed by atoms with E-state index in [0.717, 1.165) is 108 Å². The molecule has 0 bridgehead atoms. The summed E-state index contributed by atoms with van der Waals surface area (Å²) < 4.78 is 67.7. The molecule has 0 aromatic rings. The number of aliphatic hydroxyl groups is 1. The number of phosphoric acid groups is 2. The van der Waals surface area contributed by atoms with Gasteiger partial charge in [0.1, 0.15) is 19.3 Å². The van der Waals surface area contributed by atoms with Crippen LogP contribution < -0.4 is 0 Å².